The summed E-state index contributed by atoms with van der Waals surface area (Å²) in [5.74, 6) is 1.37. The quantitative estimate of drug-likeness (QED) is 0.825. The molecule has 0 aliphatic rings. The molecule has 0 bridgehead atoms. The highest BCUT2D eigenvalue weighted by atomic mass is 35.5. The van der Waals surface area contributed by atoms with Crippen molar-refractivity contribution < 1.29 is 4.74 Å². The predicted octanol–water partition coefficient (Wildman–Crippen LogP) is 4.52. The number of rotatable bonds is 3. The minimum Gasteiger partial charge on any atom is -0.437 e. The van der Waals surface area contributed by atoms with Gasteiger partial charge in [-0.3, -0.25) is 0 Å². The molecule has 2 rings (SSSR count). The van der Waals surface area contributed by atoms with Gasteiger partial charge in [0.15, 0.2) is 0 Å². The number of pyridine rings is 1. The monoisotopic (exact) mass is 272 g/mol. The average molecular weight is 273 g/mol. The van der Waals surface area contributed by atoms with Gasteiger partial charge in [0.1, 0.15) is 16.8 Å². The first-order chi connectivity index (χ1) is 9.11. The molecular formula is C15H13ClN2O. The molecule has 0 N–H and O–H groups in total. The molecular weight excluding hydrogens is 260 g/mol. The van der Waals surface area contributed by atoms with Crippen LogP contribution in [-0.4, -0.2) is 4.98 Å². The van der Waals surface area contributed by atoms with Crippen molar-refractivity contribution in [1.29, 1.82) is 5.26 Å². The van der Waals surface area contributed by atoms with E-state index in [1.807, 2.05) is 30.3 Å². The number of benzene rings is 1. The first-order valence-corrected chi connectivity index (χ1v) is 6.32. The summed E-state index contributed by atoms with van der Waals surface area (Å²) < 4.78 is 5.59. The van der Waals surface area contributed by atoms with Crippen LogP contribution in [0.15, 0.2) is 36.5 Å². The van der Waals surface area contributed by atoms with Crippen LogP contribution < -0.4 is 4.74 Å². The van der Waals surface area contributed by atoms with Gasteiger partial charge in [-0.2, -0.15) is 5.26 Å². The van der Waals surface area contributed by atoms with Gasteiger partial charge in [0.25, 0.3) is 0 Å². The van der Waals surface area contributed by atoms with Gasteiger partial charge in [0, 0.05) is 6.20 Å². The molecule has 0 fully saturated rings. The lowest BCUT2D eigenvalue weighted by atomic mass is 10.0. The second-order valence-corrected chi connectivity index (χ2v) is 4.79. The molecule has 0 aliphatic carbocycles. The molecule has 0 saturated carbocycles. The maximum atomic E-state index is 8.89. The van der Waals surface area contributed by atoms with Gasteiger partial charge < -0.3 is 4.74 Å². The topological polar surface area (TPSA) is 45.9 Å². The lowest BCUT2D eigenvalue weighted by Crippen LogP contribution is -1.92. The molecule has 0 aliphatic heterocycles. The van der Waals surface area contributed by atoms with E-state index in [-0.39, 0.29) is 10.9 Å². The zero-order chi connectivity index (χ0) is 13.8. The van der Waals surface area contributed by atoms with Crippen LogP contribution in [0.4, 0.5) is 0 Å². The standard InChI is InChI=1S/C15H13ClN2O/c1-10(2)11-3-5-13(6-4-11)19-15-14(16)12(9-17)7-8-18-15/h3-8,10H,1-2H3. The van der Waals surface area contributed by atoms with Crippen molar-refractivity contribution in [3.63, 3.8) is 0 Å². The molecule has 1 aromatic carbocycles. The van der Waals surface area contributed by atoms with Gasteiger partial charge in [0.05, 0.1) is 5.56 Å². The number of aromatic nitrogens is 1. The summed E-state index contributed by atoms with van der Waals surface area (Å²) in [4.78, 5) is 4.03. The molecule has 0 spiro atoms. The molecule has 3 nitrogen and oxygen atoms in total. The predicted molar refractivity (Wildman–Crippen MR) is 74.6 cm³/mol. The third kappa shape index (κ3) is 3.04. The number of nitriles is 1. The first-order valence-electron chi connectivity index (χ1n) is 5.94. The second kappa shape index (κ2) is 5.73. The Labute approximate surface area is 117 Å². The van der Waals surface area contributed by atoms with Crippen molar-refractivity contribution in [2.45, 2.75) is 19.8 Å². The Kier molecular flexibility index (Phi) is 4.03. The number of hydrogen-bond acceptors (Lipinski definition) is 3. The first kappa shape index (κ1) is 13.4. The summed E-state index contributed by atoms with van der Waals surface area (Å²) >= 11 is 6.03. The number of halogens is 1. The van der Waals surface area contributed by atoms with Crippen molar-refractivity contribution in [1.82, 2.24) is 4.98 Å². The van der Waals surface area contributed by atoms with Gasteiger partial charge in [-0.1, -0.05) is 37.6 Å². The third-order valence-electron chi connectivity index (χ3n) is 2.74. The van der Waals surface area contributed by atoms with Crippen LogP contribution >= 0.6 is 11.6 Å². The SMILES string of the molecule is CC(C)c1ccc(Oc2nccc(C#N)c2Cl)cc1. The molecule has 2 aromatic rings. The summed E-state index contributed by atoms with van der Waals surface area (Å²) in [5, 5.41) is 9.12. The van der Waals surface area contributed by atoms with Crippen LogP contribution in [0.3, 0.4) is 0 Å². The fourth-order valence-corrected chi connectivity index (χ4v) is 1.81. The Morgan fingerprint density at radius 2 is 1.89 bits per heavy atom. The maximum Gasteiger partial charge on any atom is 0.239 e. The van der Waals surface area contributed by atoms with Crippen LogP contribution in [-0.2, 0) is 0 Å². The van der Waals surface area contributed by atoms with E-state index in [0.29, 0.717) is 17.2 Å². The maximum absolute atomic E-state index is 8.89. The normalized spacial score (nSPS) is 10.3. The lowest BCUT2D eigenvalue weighted by Gasteiger charge is -2.09. The molecule has 0 saturated heterocycles. The van der Waals surface area contributed by atoms with E-state index in [0.717, 1.165) is 0 Å². The highest BCUT2D eigenvalue weighted by Crippen LogP contribution is 2.30. The Bertz CT molecular complexity index is 615. The third-order valence-corrected chi connectivity index (χ3v) is 3.10. The Morgan fingerprint density at radius 3 is 2.47 bits per heavy atom. The van der Waals surface area contributed by atoms with Gasteiger partial charge >= 0.3 is 0 Å². The molecule has 0 amide bonds. The molecule has 1 heterocycles. The highest BCUT2D eigenvalue weighted by Gasteiger charge is 2.09. The van der Waals surface area contributed by atoms with Crippen LogP contribution in [0.5, 0.6) is 11.6 Å². The largest absolute Gasteiger partial charge is 0.437 e. The zero-order valence-electron chi connectivity index (χ0n) is 10.7. The minimum atomic E-state index is 0.234. The Hall–Kier alpha value is -2.05. The summed E-state index contributed by atoms with van der Waals surface area (Å²) in [5.41, 5.74) is 1.59. The van der Waals surface area contributed by atoms with Crippen LogP contribution in [0.1, 0.15) is 30.9 Å². The van der Waals surface area contributed by atoms with E-state index in [4.69, 9.17) is 21.6 Å². The number of hydrogen-bond donors (Lipinski definition) is 0. The Morgan fingerprint density at radius 1 is 1.21 bits per heavy atom. The van der Waals surface area contributed by atoms with E-state index in [1.165, 1.54) is 11.8 Å². The van der Waals surface area contributed by atoms with Crippen molar-refractivity contribution in [3.8, 4) is 17.7 Å². The van der Waals surface area contributed by atoms with E-state index < -0.39 is 0 Å². The summed E-state index contributed by atoms with van der Waals surface area (Å²) in [6, 6.07) is 11.3. The molecule has 4 heteroatoms. The summed E-state index contributed by atoms with van der Waals surface area (Å²) in [6.07, 6.45) is 1.50. The molecule has 0 radical (unpaired) electrons. The average Bonchev–Trinajstić information content (AvgIpc) is 2.42. The van der Waals surface area contributed by atoms with E-state index in [9.17, 15) is 0 Å². The van der Waals surface area contributed by atoms with E-state index in [2.05, 4.69) is 18.8 Å². The summed E-state index contributed by atoms with van der Waals surface area (Å²) in [6.45, 7) is 4.26. The molecule has 19 heavy (non-hydrogen) atoms. The summed E-state index contributed by atoms with van der Waals surface area (Å²) in [7, 11) is 0. The van der Waals surface area contributed by atoms with Crippen LogP contribution in [0, 0.1) is 11.3 Å². The fraction of sp³-hybridized carbons (Fsp3) is 0.200. The smallest absolute Gasteiger partial charge is 0.239 e. The minimum absolute atomic E-state index is 0.234. The molecule has 0 atom stereocenters. The van der Waals surface area contributed by atoms with Gasteiger partial charge in [-0.15, -0.1) is 0 Å². The number of ether oxygens (including phenoxy) is 1. The Balaban J connectivity index is 2.24. The fourth-order valence-electron chi connectivity index (χ4n) is 1.61. The van der Waals surface area contributed by atoms with Crippen LogP contribution in [0.25, 0.3) is 0 Å². The van der Waals surface area contributed by atoms with Crippen molar-refractivity contribution >= 4 is 11.6 Å². The van der Waals surface area contributed by atoms with Crippen molar-refractivity contribution in [2.75, 3.05) is 0 Å². The molecule has 1 aromatic heterocycles. The van der Waals surface area contributed by atoms with Crippen molar-refractivity contribution in [2.24, 2.45) is 0 Å². The van der Waals surface area contributed by atoms with E-state index in [1.54, 1.807) is 6.07 Å². The van der Waals surface area contributed by atoms with Crippen LogP contribution in [0.2, 0.25) is 5.02 Å². The lowest BCUT2D eigenvalue weighted by molar-refractivity contribution is 0.463. The zero-order valence-corrected chi connectivity index (χ0v) is 11.5. The van der Waals surface area contributed by atoms with E-state index >= 15 is 0 Å². The molecule has 96 valence electrons. The second-order valence-electron chi connectivity index (χ2n) is 4.42. The van der Waals surface area contributed by atoms with Gasteiger partial charge in [0.2, 0.25) is 5.88 Å². The van der Waals surface area contributed by atoms with Gasteiger partial charge in [-0.05, 0) is 29.7 Å². The van der Waals surface area contributed by atoms with Gasteiger partial charge in [-0.25, -0.2) is 4.98 Å². The van der Waals surface area contributed by atoms with Crippen molar-refractivity contribution in [3.05, 3.63) is 52.7 Å². The molecule has 0 unspecified atom stereocenters. The number of nitrogens with zero attached hydrogens (tertiary/aromatic N) is 2. The highest BCUT2D eigenvalue weighted by molar-refractivity contribution is 6.33.